The smallest absolute Gasteiger partial charge is 0.139 e. The summed E-state index contributed by atoms with van der Waals surface area (Å²) in [6.45, 7) is 0. The fourth-order valence-electron chi connectivity index (χ4n) is 3.33. The summed E-state index contributed by atoms with van der Waals surface area (Å²) in [5, 5.41) is 6.10. The molecule has 6 heteroatoms. The van der Waals surface area contributed by atoms with Gasteiger partial charge in [0.15, 0.2) is 0 Å². The number of pyridine rings is 3. The minimum absolute atomic E-state index is 0.415. The van der Waals surface area contributed by atoms with E-state index in [4.69, 9.17) is 5.73 Å². The van der Waals surface area contributed by atoms with E-state index in [2.05, 4.69) is 56.4 Å². The van der Waals surface area contributed by atoms with Crippen LogP contribution in [0, 0.1) is 11.8 Å². The fraction of sp³-hybridized carbons (Fsp3) is 0.160. The van der Waals surface area contributed by atoms with Gasteiger partial charge in [0.25, 0.3) is 0 Å². The van der Waals surface area contributed by atoms with Gasteiger partial charge in [-0.2, -0.15) is 0 Å². The van der Waals surface area contributed by atoms with Crippen LogP contribution in [0.4, 0.5) is 17.3 Å². The van der Waals surface area contributed by atoms with E-state index in [0.29, 0.717) is 17.1 Å². The second-order valence-electron chi connectivity index (χ2n) is 7.46. The van der Waals surface area contributed by atoms with Gasteiger partial charge in [-0.05, 0) is 67.3 Å². The van der Waals surface area contributed by atoms with Crippen molar-refractivity contribution in [3.05, 3.63) is 78.4 Å². The van der Waals surface area contributed by atoms with Crippen molar-refractivity contribution in [1.29, 1.82) is 0 Å². The average Bonchev–Trinajstić information content (AvgIpc) is 2.77. The van der Waals surface area contributed by atoms with Crippen molar-refractivity contribution in [1.82, 2.24) is 15.0 Å². The van der Waals surface area contributed by atoms with E-state index in [9.17, 15) is 0 Å². The summed E-state index contributed by atoms with van der Waals surface area (Å²) >= 11 is 1.97. The summed E-state index contributed by atoms with van der Waals surface area (Å²) in [4.78, 5) is 14.4. The third-order valence-electron chi connectivity index (χ3n) is 5.28. The highest BCUT2D eigenvalue weighted by atomic mass is 32.2. The van der Waals surface area contributed by atoms with Gasteiger partial charge in [0.2, 0.25) is 0 Å². The zero-order valence-corrected chi connectivity index (χ0v) is 17.7. The van der Waals surface area contributed by atoms with Gasteiger partial charge in [-0.25, -0.2) is 15.0 Å². The van der Waals surface area contributed by atoms with Crippen molar-refractivity contribution in [3.63, 3.8) is 0 Å². The van der Waals surface area contributed by atoms with Crippen LogP contribution in [-0.4, -0.2) is 20.2 Å². The van der Waals surface area contributed by atoms with Crippen LogP contribution in [0.25, 0.3) is 10.8 Å². The molecule has 1 aliphatic carbocycles. The van der Waals surface area contributed by atoms with Crippen molar-refractivity contribution in [2.75, 3.05) is 11.1 Å². The lowest BCUT2D eigenvalue weighted by atomic mass is 10.0. The van der Waals surface area contributed by atoms with Crippen LogP contribution in [0.1, 0.15) is 30.5 Å². The first-order valence-corrected chi connectivity index (χ1v) is 11.1. The lowest BCUT2D eigenvalue weighted by Gasteiger charge is -2.24. The molecule has 3 N–H and O–H groups in total. The molecule has 0 bridgehead atoms. The van der Waals surface area contributed by atoms with Gasteiger partial charge >= 0.3 is 0 Å². The molecule has 1 saturated carbocycles. The Labute approximate surface area is 185 Å². The molecule has 152 valence electrons. The minimum Gasteiger partial charge on any atom is -0.383 e. The molecule has 0 saturated heterocycles. The Kier molecular flexibility index (Phi) is 5.42. The first kappa shape index (κ1) is 19.4. The number of nitrogens with one attached hydrogen (secondary N) is 1. The topological polar surface area (TPSA) is 76.7 Å². The van der Waals surface area contributed by atoms with Crippen molar-refractivity contribution in [2.45, 2.75) is 29.4 Å². The molecule has 3 aromatic heterocycles. The Balaban J connectivity index is 1.39. The number of hydrogen-bond acceptors (Lipinski definition) is 6. The number of fused-ring (bicyclic) bond motifs is 1. The zero-order chi connectivity index (χ0) is 21.0. The molecule has 0 amide bonds. The molecule has 4 aromatic rings. The lowest BCUT2D eigenvalue weighted by Crippen LogP contribution is -2.12. The molecule has 0 radical (unpaired) electrons. The second kappa shape index (κ2) is 8.66. The summed E-state index contributed by atoms with van der Waals surface area (Å²) in [7, 11) is 0. The van der Waals surface area contributed by atoms with E-state index in [-0.39, 0.29) is 0 Å². The standard InChI is InChI=1S/C25H21N5S/c26-25-17(3-2-13-28-25)6-11-23-22-15-24(29-16-18(22)12-14-27-23)30-19-7-9-21(10-8-19)31-20-4-1-5-20/h2-3,7-10,12-16,20H,1,4-5H2,(H2,26,28)(H,29,30). The fourth-order valence-corrected chi connectivity index (χ4v) is 4.58. The molecule has 0 aliphatic heterocycles. The van der Waals surface area contributed by atoms with Crippen molar-refractivity contribution in [2.24, 2.45) is 0 Å². The highest BCUT2D eigenvalue weighted by Crippen LogP contribution is 2.36. The van der Waals surface area contributed by atoms with E-state index in [1.54, 1.807) is 12.4 Å². The number of rotatable bonds is 4. The molecular weight excluding hydrogens is 402 g/mol. The lowest BCUT2D eigenvalue weighted by molar-refractivity contribution is 0.522. The van der Waals surface area contributed by atoms with E-state index in [1.807, 2.05) is 42.2 Å². The number of nitrogen functional groups attached to an aromatic ring is 1. The van der Waals surface area contributed by atoms with E-state index >= 15 is 0 Å². The third-order valence-corrected chi connectivity index (χ3v) is 6.63. The Hall–Kier alpha value is -3.56. The monoisotopic (exact) mass is 423 g/mol. The van der Waals surface area contributed by atoms with Crippen LogP contribution in [-0.2, 0) is 0 Å². The Bertz CT molecular complexity index is 1290. The van der Waals surface area contributed by atoms with E-state index < -0.39 is 0 Å². The summed E-state index contributed by atoms with van der Waals surface area (Å²) in [5.74, 6) is 7.38. The molecule has 1 aliphatic rings. The summed E-state index contributed by atoms with van der Waals surface area (Å²) in [5.41, 5.74) is 8.27. The Morgan fingerprint density at radius 2 is 1.84 bits per heavy atom. The molecule has 1 aromatic carbocycles. The summed E-state index contributed by atoms with van der Waals surface area (Å²) < 4.78 is 0. The number of hydrogen-bond donors (Lipinski definition) is 2. The van der Waals surface area contributed by atoms with Gasteiger partial charge in [0.1, 0.15) is 17.3 Å². The van der Waals surface area contributed by atoms with Crippen molar-refractivity contribution in [3.8, 4) is 11.8 Å². The van der Waals surface area contributed by atoms with Gasteiger partial charge in [-0.1, -0.05) is 12.3 Å². The molecule has 5 nitrogen and oxygen atoms in total. The van der Waals surface area contributed by atoms with Gasteiger partial charge in [-0.15, -0.1) is 11.8 Å². The summed E-state index contributed by atoms with van der Waals surface area (Å²) in [6, 6.07) is 16.1. The van der Waals surface area contributed by atoms with Crippen molar-refractivity contribution < 1.29 is 0 Å². The van der Waals surface area contributed by atoms with Crippen LogP contribution < -0.4 is 11.1 Å². The molecule has 0 atom stereocenters. The van der Waals surface area contributed by atoms with E-state index in [0.717, 1.165) is 27.5 Å². The van der Waals surface area contributed by atoms with Crippen LogP contribution in [0.3, 0.4) is 0 Å². The maximum atomic E-state index is 5.90. The Morgan fingerprint density at radius 3 is 2.61 bits per heavy atom. The first-order valence-electron chi connectivity index (χ1n) is 10.3. The van der Waals surface area contributed by atoms with Crippen LogP contribution in [0.15, 0.2) is 72.0 Å². The molecule has 5 rings (SSSR count). The third kappa shape index (κ3) is 4.47. The van der Waals surface area contributed by atoms with Gasteiger partial charge < -0.3 is 11.1 Å². The summed E-state index contributed by atoms with van der Waals surface area (Å²) in [6.07, 6.45) is 9.26. The number of nitrogens with zero attached hydrogens (tertiary/aromatic N) is 3. The van der Waals surface area contributed by atoms with Crippen LogP contribution in [0.5, 0.6) is 0 Å². The largest absolute Gasteiger partial charge is 0.383 e. The predicted octanol–water partition coefficient (Wildman–Crippen LogP) is 5.40. The number of thioether (sulfide) groups is 1. The number of aromatic nitrogens is 3. The van der Waals surface area contributed by atoms with E-state index in [1.165, 1.54) is 24.2 Å². The number of anilines is 3. The highest BCUT2D eigenvalue weighted by Gasteiger charge is 2.18. The van der Waals surface area contributed by atoms with Gasteiger partial charge in [0, 0.05) is 45.2 Å². The molecule has 31 heavy (non-hydrogen) atoms. The number of benzene rings is 1. The average molecular weight is 424 g/mol. The molecule has 0 unspecified atom stereocenters. The quantitative estimate of drug-likeness (QED) is 0.428. The normalized spacial score (nSPS) is 13.3. The Morgan fingerprint density at radius 1 is 0.968 bits per heavy atom. The highest BCUT2D eigenvalue weighted by molar-refractivity contribution is 8.00. The molecule has 0 spiro atoms. The van der Waals surface area contributed by atoms with Gasteiger partial charge in [0.05, 0.1) is 5.56 Å². The van der Waals surface area contributed by atoms with Crippen LogP contribution in [0.2, 0.25) is 0 Å². The predicted molar refractivity (Wildman–Crippen MR) is 127 cm³/mol. The number of nitrogens with two attached hydrogens (primary N) is 1. The molecule has 3 heterocycles. The van der Waals surface area contributed by atoms with Crippen LogP contribution >= 0.6 is 11.8 Å². The maximum absolute atomic E-state index is 5.90. The minimum atomic E-state index is 0.415. The maximum Gasteiger partial charge on any atom is 0.139 e. The molecular formula is C25H21N5S. The van der Waals surface area contributed by atoms with Gasteiger partial charge in [-0.3, -0.25) is 0 Å². The van der Waals surface area contributed by atoms with Crippen molar-refractivity contribution >= 4 is 39.9 Å². The second-order valence-corrected chi connectivity index (χ2v) is 8.83. The zero-order valence-electron chi connectivity index (χ0n) is 16.9. The molecule has 1 fully saturated rings. The first-order chi connectivity index (χ1) is 15.2. The SMILES string of the molecule is Nc1ncccc1C#Cc1nccc2cnc(Nc3ccc(SC4CCC4)cc3)cc12.